The van der Waals surface area contributed by atoms with Crippen LogP contribution in [0.25, 0.3) is 0 Å². The molecule has 0 heterocycles. The van der Waals surface area contributed by atoms with E-state index >= 15 is 0 Å². The Morgan fingerprint density at radius 3 is 2.62 bits per heavy atom. The Kier molecular flexibility index (Phi) is 7.02. The Morgan fingerprint density at radius 2 is 2.00 bits per heavy atom. The molecule has 1 N–H and O–H groups in total. The van der Waals surface area contributed by atoms with E-state index in [9.17, 15) is 9.59 Å². The highest BCUT2D eigenvalue weighted by Crippen LogP contribution is 2.16. The molecule has 0 saturated carbocycles. The first-order chi connectivity index (χ1) is 9.90. The third kappa shape index (κ3) is 6.49. The van der Waals surface area contributed by atoms with Gasteiger partial charge in [0.05, 0.1) is 12.5 Å². The van der Waals surface area contributed by atoms with Gasteiger partial charge in [-0.1, -0.05) is 29.8 Å². The molecule has 2 amide bonds. The second-order valence-corrected chi connectivity index (χ2v) is 5.38. The molecule has 0 fully saturated rings. The molecule has 0 spiro atoms. The highest BCUT2D eigenvalue weighted by molar-refractivity contribution is 6.31. The zero-order valence-electron chi connectivity index (χ0n) is 12.6. The minimum Gasteiger partial charge on any atom is -0.463 e. The van der Waals surface area contributed by atoms with Crippen molar-refractivity contribution in [2.24, 2.45) is 0 Å². The van der Waals surface area contributed by atoms with E-state index in [0.717, 1.165) is 5.56 Å². The fourth-order valence-corrected chi connectivity index (χ4v) is 1.88. The molecular formula is C15H21ClN2O3. The molecule has 1 rings (SSSR count). The van der Waals surface area contributed by atoms with E-state index in [2.05, 4.69) is 5.32 Å². The number of benzene rings is 1. The van der Waals surface area contributed by atoms with Gasteiger partial charge in [0.15, 0.2) is 0 Å². The second kappa shape index (κ2) is 8.52. The van der Waals surface area contributed by atoms with Crippen LogP contribution in [0.3, 0.4) is 0 Å². The van der Waals surface area contributed by atoms with E-state index in [-0.39, 0.29) is 31.1 Å². The molecule has 5 nitrogen and oxygen atoms in total. The Morgan fingerprint density at radius 1 is 1.33 bits per heavy atom. The van der Waals surface area contributed by atoms with Crippen LogP contribution in [-0.4, -0.2) is 36.6 Å². The van der Waals surface area contributed by atoms with Gasteiger partial charge in [0.25, 0.3) is 0 Å². The molecule has 0 aliphatic heterocycles. The number of hydrogen-bond donors (Lipinski definition) is 1. The largest absolute Gasteiger partial charge is 0.463 e. The van der Waals surface area contributed by atoms with Crippen LogP contribution in [0.1, 0.15) is 25.8 Å². The van der Waals surface area contributed by atoms with Gasteiger partial charge in [-0.2, -0.15) is 0 Å². The van der Waals surface area contributed by atoms with Gasteiger partial charge in [-0.05, 0) is 25.5 Å². The van der Waals surface area contributed by atoms with Crippen LogP contribution in [-0.2, 0) is 16.1 Å². The summed E-state index contributed by atoms with van der Waals surface area (Å²) < 4.78 is 4.98. The van der Waals surface area contributed by atoms with Crippen molar-refractivity contribution in [2.75, 3.05) is 13.6 Å². The van der Waals surface area contributed by atoms with Gasteiger partial charge in [-0.15, -0.1) is 0 Å². The first-order valence-corrected chi connectivity index (χ1v) is 7.19. The zero-order valence-corrected chi connectivity index (χ0v) is 13.3. The van der Waals surface area contributed by atoms with Crippen molar-refractivity contribution < 1.29 is 14.3 Å². The van der Waals surface area contributed by atoms with Crippen molar-refractivity contribution in [2.45, 2.75) is 32.9 Å². The number of carbonyl (C=O) groups excluding carboxylic acids is 2. The van der Waals surface area contributed by atoms with E-state index in [1.54, 1.807) is 27.0 Å². The Bertz CT molecular complexity index is 492. The lowest BCUT2D eigenvalue weighted by Gasteiger charge is -2.18. The quantitative estimate of drug-likeness (QED) is 0.822. The summed E-state index contributed by atoms with van der Waals surface area (Å²) >= 11 is 6.05. The summed E-state index contributed by atoms with van der Waals surface area (Å²) in [5.74, 6) is -0.320. The lowest BCUT2D eigenvalue weighted by atomic mass is 10.2. The molecule has 0 aliphatic rings. The van der Waals surface area contributed by atoms with E-state index in [1.165, 1.54) is 4.90 Å². The van der Waals surface area contributed by atoms with Gasteiger partial charge < -0.3 is 15.0 Å². The van der Waals surface area contributed by atoms with E-state index in [1.807, 2.05) is 18.2 Å². The van der Waals surface area contributed by atoms with E-state index < -0.39 is 0 Å². The molecule has 0 unspecified atom stereocenters. The molecule has 0 aliphatic carbocycles. The summed E-state index contributed by atoms with van der Waals surface area (Å²) in [4.78, 5) is 24.7. The second-order valence-electron chi connectivity index (χ2n) is 4.97. The van der Waals surface area contributed by atoms with E-state index in [0.29, 0.717) is 11.6 Å². The molecule has 0 bridgehead atoms. The van der Waals surface area contributed by atoms with Crippen LogP contribution in [0.15, 0.2) is 24.3 Å². The number of amides is 2. The first kappa shape index (κ1) is 17.3. The van der Waals surface area contributed by atoms with Crippen LogP contribution in [0.5, 0.6) is 0 Å². The zero-order chi connectivity index (χ0) is 15.8. The Balaban J connectivity index is 2.35. The number of halogens is 1. The number of nitrogens with one attached hydrogen (secondary N) is 1. The molecule has 0 atom stereocenters. The number of ether oxygens (including phenoxy) is 1. The standard InChI is InChI=1S/C15H21ClN2O3/c1-11(2)21-14(19)8-9-17-15(20)18(3)10-12-6-4-5-7-13(12)16/h4-7,11H,8-10H2,1-3H3,(H,17,20). The normalized spacial score (nSPS) is 10.3. The fourth-order valence-electron chi connectivity index (χ4n) is 1.68. The topological polar surface area (TPSA) is 58.6 Å². The molecule has 1 aromatic rings. The number of urea groups is 1. The third-order valence-corrected chi connectivity index (χ3v) is 3.05. The molecule has 0 radical (unpaired) electrons. The van der Waals surface area contributed by atoms with Crippen molar-refractivity contribution in [1.29, 1.82) is 0 Å². The summed E-state index contributed by atoms with van der Waals surface area (Å²) in [7, 11) is 1.67. The number of esters is 1. The maximum absolute atomic E-state index is 11.9. The summed E-state index contributed by atoms with van der Waals surface area (Å²) in [5, 5.41) is 3.29. The van der Waals surface area contributed by atoms with Crippen LogP contribution in [0.2, 0.25) is 5.02 Å². The lowest BCUT2D eigenvalue weighted by Crippen LogP contribution is -2.38. The predicted molar refractivity (Wildman–Crippen MR) is 82.2 cm³/mol. The lowest BCUT2D eigenvalue weighted by molar-refractivity contribution is -0.147. The molecule has 116 valence electrons. The molecule has 0 aromatic heterocycles. The van der Waals surface area contributed by atoms with Crippen LogP contribution in [0.4, 0.5) is 4.79 Å². The highest BCUT2D eigenvalue weighted by Gasteiger charge is 2.11. The molecular weight excluding hydrogens is 292 g/mol. The predicted octanol–water partition coefficient (Wildman–Crippen LogP) is 2.82. The van der Waals surface area contributed by atoms with Gasteiger partial charge in [-0.3, -0.25) is 4.79 Å². The number of nitrogens with zero attached hydrogens (tertiary/aromatic N) is 1. The van der Waals surface area contributed by atoms with Gasteiger partial charge in [0.2, 0.25) is 0 Å². The van der Waals surface area contributed by atoms with E-state index in [4.69, 9.17) is 16.3 Å². The smallest absolute Gasteiger partial charge is 0.317 e. The summed E-state index contributed by atoms with van der Waals surface area (Å²) in [6, 6.07) is 7.10. The minimum atomic E-state index is -0.320. The van der Waals surface area contributed by atoms with Crippen LogP contribution >= 0.6 is 11.6 Å². The monoisotopic (exact) mass is 312 g/mol. The first-order valence-electron chi connectivity index (χ1n) is 6.82. The fraction of sp³-hybridized carbons (Fsp3) is 0.467. The molecule has 6 heteroatoms. The summed E-state index contributed by atoms with van der Waals surface area (Å²) in [6.45, 7) is 4.22. The number of hydrogen-bond acceptors (Lipinski definition) is 3. The minimum absolute atomic E-state index is 0.143. The average Bonchev–Trinajstić information content (AvgIpc) is 2.40. The van der Waals surface area contributed by atoms with Crippen molar-refractivity contribution in [1.82, 2.24) is 10.2 Å². The van der Waals surface area contributed by atoms with Crippen LogP contribution in [0, 0.1) is 0 Å². The van der Waals surface area contributed by atoms with Crippen LogP contribution < -0.4 is 5.32 Å². The maximum atomic E-state index is 11.9. The van der Waals surface area contributed by atoms with Gasteiger partial charge in [0, 0.05) is 25.2 Å². The van der Waals surface area contributed by atoms with Gasteiger partial charge >= 0.3 is 12.0 Å². The van der Waals surface area contributed by atoms with Crippen molar-refractivity contribution >= 4 is 23.6 Å². The molecule has 1 aromatic carbocycles. The SMILES string of the molecule is CC(C)OC(=O)CCNC(=O)N(C)Cc1ccccc1Cl. The Labute approximate surface area is 130 Å². The number of carbonyl (C=O) groups is 2. The van der Waals surface area contributed by atoms with Crippen molar-refractivity contribution in [3.63, 3.8) is 0 Å². The third-order valence-electron chi connectivity index (χ3n) is 2.68. The highest BCUT2D eigenvalue weighted by atomic mass is 35.5. The van der Waals surface area contributed by atoms with Crippen molar-refractivity contribution in [3.05, 3.63) is 34.9 Å². The van der Waals surface area contributed by atoms with Gasteiger partial charge in [0.1, 0.15) is 0 Å². The Hall–Kier alpha value is -1.75. The molecule has 0 saturated heterocycles. The number of rotatable bonds is 6. The van der Waals surface area contributed by atoms with Crippen molar-refractivity contribution in [3.8, 4) is 0 Å². The summed E-state index contributed by atoms with van der Waals surface area (Å²) in [5.41, 5.74) is 0.871. The summed E-state index contributed by atoms with van der Waals surface area (Å²) in [6.07, 6.45) is 0.0141. The molecule has 21 heavy (non-hydrogen) atoms. The average molecular weight is 313 g/mol. The maximum Gasteiger partial charge on any atom is 0.317 e. The van der Waals surface area contributed by atoms with Gasteiger partial charge in [-0.25, -0.2) is 4.79 Å².